The number of para-hydroxylation sites is 1. The Kier molecular flexibility index (Phi) is 6.90. The average Bonchev–Trinajstić information content (AvgIpc) is 2.65. The van der Waals surface area contributed by atoms with Gasteiger partial charge in [0.2, 0.25) is 5.91 Å². The van der Waals surface area contributed by atoms with Gasteiger partial charge in [-0.25, -0.2) is 12.8 Å². The van der Waals surface area contributed by atoms with Crippen molar-refractivity contribution in [3.63, 3.8) is 0 Å². The molecule has 28 heavy (non-hydrogen) atoms. The van der Waals surface area contributed by atoms with Crippen molar-refractivity contribution in [1.29, 1.82) is 0 Å². The smallest absolute Gasteiger partial charge is 0.272 e. The fourth-order valence-electron chi connectivity index (χ4n) is 2.07. The lowest BCUT2D eigenvalue weighted by atomic mass is 10.3. The number of ether oxygens (including phenoxy) is 2. The van der Waals surface area contributed by atoms with Gasteiger partial charge in [0.15, 0.2) is 18.2 Å². The molecule has 2 aromatic carbocycles. The molecule has 2 aromatic rings. The maximum absolute atomic E-state index is 13.4. The van der Waals surface area contributed by atoms with Gasteiger partial charge in [0, 0.05) is 6.92 Å². The molecular formula is C17H18FN3O6S. The van der Waals surface area contributed by atoms with Crippen molar-refractivity contribution >= 4 is 27.5 Å². The second-order valence-electron chi connectivity index (χ2n) is 5.42. The number of amides is 2. The van der Waals surface area contributed by atoms with Crippen LogP contribution in [0.2, 0.25) is 0 Å². The summed E-state index contributed by atoms with van der Waals surface area (Å²) in [6.07, 6.45) is 0. The van der Waals surface area contributed by atoms with E-state index in [9.17, 15) is 22.4 Å². The van der Waals surface area contributed by atoms with Gasteiger partial charge < -0.3 is 14.8 Å². The van der Waals surface area contributed by atoms with E-state index in [0.29, 0.717) is 0 Å². The van der Waals surface area contributed by atoms with Gasteiger partial charge in [-0.05, 0) is 30.3 Å². The highest BCUT2D eigenvalue weighted by atomic mass is 32.2. The van der Waals surface area contributed by atoms with E-state index in [-0.39, 0.29) is 22.1 Å². The number of benzene rings is 2. The number of hydrogen-bond acceptors (Lipinski definition) is 6. The van der Waals surface area contributed by atoms with Gasteiger partial charge in [0.1, 0.15) is 5.75 Å². The molecule has 0 spiro atoms. The fourth-order valence-corrected chi connectivity index (χ4v) is 2.95. The maximum atomic E-state index is 13.4. The molecule has 2 rings (SSSR count). The maximum Gasteiger partial charge on any atom is 0.272 e. The van der Waals surface area contributed by atoms with Crippen molar-refractivity contribution in [2.75, 3.05) is 19.0 Å². The number of nitrogens with one attached hydrogen (secondary N) is 3. The van der Waals surface area contributed by atoms with Crippen LogP contribution >= 0.6 is 0 Å². The first-order chi connectivity index (χ1) is 13.2. The quantitative estimate of drug-likeness (QED) is 0.561. The molecule has 0 aliphatic heterocycles. The van der Waals surface area contributed by atoms with Crippen LogP contribution in [0.1, 0.15) is 6.92 Å². The topological polar surface area (TPSA) is 123 Å². The number of rotatable bonds is 8. The molecule has 150 valence electrons. The minimum atomic E-state index is -4.15. The summed E-state index contributed by atoms with van der Waals surface area (Å²) in [5, 5.41) is 2.45. The second-order valence-corrected chi connectivity index (χ2v) is 7.10. The van der Waals surface area contributed by atoms with Crippen LogP contribution in [0.4, 0.5) is 10.1 Å². The predicted octanol–water partition coefficient (Wildman–Crippen LogP) is 1.18. The minimum absolute atomic E-state index is 0.143. The zero-order valence-electron chi connectivity index (χ0n) is 15.0. The van der Waals surface area contributed by atoms with Crippen molar-refractivity contribution in [1.82, 2.24) is 10.3 Å². The van der Waals surface area contributed by atoms with Gasteiger partial charge in [-0.2, -0.15) is 0 Å². The monoisotopic (exact) mass is 411 g/mol. The largest absolute Gasteiger partial charge is 0.495 e. The van der Waals surface area contributed by atoms with Crippen LogP contribution in [0.25, 0.3) is 0 Å². The zero-order chi connectivity index (χ0) is 20.7. The summed E-state index contributed by atoms with van der Waals surface area (Å²) in [6.45, 7) is 0.651. The Hall–Kier alpha value is -3.18. The average molecular weight is 411 g/mol. The van der Waals surface area contributed by atoms with Gasteiger partial charge in [0.05, 0.1) is 17.7 Å². The number of anilines is 1. The molecule has 3 N–H and O–H groups in total. The molecule has 0 fully saturated rings. The Balaban J connectivity index is 2.02. The molecule has 0 aliphatic rings. The Morgan fingerprint density at radius 1 is 1.11 bits per heavy atom. The standard InChI is InChI=1S/C17H18FN3O6S/c1-11(22)19-14-9-12(7-8-16(14)26-2)28(24,25)21-20-17(23)10-27-15-6-4-3-5-13(15)18/h3-9,21H,10H2,1-2H3,(H,19,22)(H,20,23). The molecule has 0 aromatic heterocycles. The van der Waals surface area contributed by atoms with Crippen molar-refractivity contribution in [2.45, 2.75) is 11.8 Å². The number of halogens is 1. The van der Waals surface area contributed by atoms with Crippen LogP contribution < -0.4 is 25.0 Å². The molecule has 2 amide bonds. The predicted molar refractivity (Wildman–Crippen MR) is 97.7 cm³/mol. The van der Waals surface area contributed by atoms with Gasteiger partial charge in [0.25, 0.3) is 15.9 Å². The first-order valence-electron chi connectivity index (χ1n) is 7.86. The molecule has 0 aliphatic carbocycles. The molecule has 0 bridgehead atoms. The van der Waals surface area contributed by atoms with E-state index >= 15 is 0 Å². The second kappa shape index (κ2) is 9.15. The summed E-state index contributed by atoms with van der Waals surface area (Å²) in [6, 6.07) is 9.22. The number of carbonyl (C=O) groups excluding carboxylic acids is 2. The minimum Gasteiger partial charge on any atom is -0.495 e. The first-order valence-corrected chi connectivity index (χ1v) is 9.35. The van der Waals surface area contributed by atoms with Crippen LogP contribution in [0.3, 0.4) is 0 Å². The van der Waals surface area contributed by atoms with Crippen LogP contribution in [-0.4, -0.2) is 33.9 Å². The van der Waals surface area contributed by atoms with Crippen LogP contribution in [0.15, 0.2) is 47.4 Å². The van der Waals surface area contributed by atoms with E-state index < -0.39 is 34.3 Å². The Bertz CT molecular complexity index is 981. The highest BCUT2D eigenvalue weighted by molar-refractivity contribution is 7.89. The lowest BCUT2D eigenvalue weighted by Crippen LogP contribution is -2.43. The molecule has 11 heteroatoms. The molecule has 0 unspecified atom stereocenters. The van der Waals surface area contributed by atoms with Gasteiger partial charge in [-0.15, -0.1) is 4.83 Å². The van der Waals surface area contributed by atoms with Gasteiger partial charge >= 0.3 is 0 Å². The molecule has 0 radical (unpaired) electrons. The van der Waals surface area contributed by atoms with E-state index in [1.165, 1.54) is 50.4 Å². The summed E-state index contributed by atoms with van der Waals surface area (Å²) in [5.41, 5.74) is 2.10. The summed E-state index contributed by atoms with van der Waals surface area (Å²) in [5.74, 6) is -1.80. The summed E-state index contributed by atoms with van der Waals surface area (Å²) in [7, 11) is -2.78. The highest BCUT2D eigenvalue weighted by Gasteiger charge is 2.18. The van der Waals surface area contributed by atoms with Crippen molar-refractivity contribution in [3.05, 3.63) is 48.3 Å². The third-order valence-electron chi connectivity index (χ3n) is 3.31. The molecule has 0 saturated heterocycles. The van der Waals surface area contributed by atoms with Crippen LogP contribution in [-0.2, 0) is 19.6 Å². The Morgan fingerprint density at radius 3 is 2.46 bits per heavy atom. The molecule has 0 saturated carbocycles. The fraction of sp³-hybridized carbons (Fsp3) is 0.176. The number of sulfonamides is 1. The van der Waals surface area contributed by atoms with Gasteiger partial charge in [-0.3, -0.25) is 15.0 Å². The van der Waals surface area contributed by atoms with Crippen LogP contribution in [0, 0.1) is 5.82 Å². The van der Waals surface area contributed by atoms with E-state index in [2.05, 4.69) is 5.32 Å². The highest BCUT2D eigenvalue weighted by Crippen LogP contribution is 2.27. The number of methoxy groups -OCH3 is 1. The van der Waals surface area contributed by atoms with Gasteiger partial charge in [-0.1, -0.05) is 12.1 Å². The Labute approximate surface area is 160 Å². The lowest BCUT2D eigenvalue weighted by Gasteiger charge is -2.13. The zero-order valence-corrected chi connectivity index (χ0v) is 15.8. The van der Waals surface area contributed by atoms with Crippen LogP contribution in [0.5, 0.6) is 11.5 Å². The third kappa shape index (κ3) is 5.66. The summed E-state index contributed by atoms with van der Waals surface area (Å²) in [4.78, 5) is 24.7. The van der Waals surface area contributed by atoms with E-state index in [0.717, 1.165) is 6.07 Å². The van der Waals surface area contributed by atoms with Crippen molar-refractivity contribution < 1.29 is 31.9 Å². The van der Waals surface area contributed by atoms with E-state index in [4.69, 9.17) is 9.47 Å². The van der Waals surface area contributed by atoms with E-state index in [1.807, 2.05) is 10.3 Å². The molecular weight excluding hydrogens is 393 g/mol. The number of hydrogen-bond donors (Lipinski definition) is 3. The van der Waals surface area contributed by atoms with Crippen molar-refractivity contribution in [2.24, 2.45) is 0 Å². The summed E-state index contributed by atoms with van der Waals surface area (Å²) >= 11 is 0. The Morgan fingerprint density at radius 2 is 1.82 bits per heavy atom. The molecule has 0 heterocycles. The normalized spacial score (nSPS) is 10.8. The van der Waals surface area contributed by atoms with E-state index in [1.54, 1.807) is 0 Å². The number of carbonyl (C=O) groups is 2. The SMILES string of the molecule is COc1ccc(S(=O)(=O)NNC(=O)COc2ccccc2F)cc1NC(C)=O. The third-order valence-corrected chi connectivity index (χ3v) is 4.56. The summed E-state index contributed by atoms with van der Waals surface area (Å²) < 4.78 is 48.1. The number of hydrazine groups is 1. The molecule has 9 nitrogen and oxygen atoms in total. The lowest BCUT2D eigenvalue weighted by molar-refractivity contribution is -0.123. The van der Waals surface area contributed by atoms with Crippen molar-refractivity contribution in [3.8, 4) is 11.5 Å². The molecule has 0 atom stereocenters. The first kappa shape index (κ1) is 21.1.